The quantitative estimate of drug-likeness (QED) is 0.833. The molecule has 0 spiro atoms. The Kier molecular flexibility index (Phi) is 4.29. The first-order valence-corrected chi connectivity index (χ1v) is 8.16. The lowest BCUT2D eigenvalue weighted by molar-refractivity contribution is -0.129. The van der Waals surface area contributed by atoms with Crippen LogP contribution in [0.1, 0.15) is 44.1 Å². The van der Waals surface area contributed by atoms with Crippen LogP contribution in [0.2, 0.25) is 0 Å². The highest BCUT2D eigenvalue weighted by Gasteiger charge is 2.46. The zero-order valence-electron chi connectivity index (χ0n) is 12.9. The molecular formula is C18H25NO2. The van der Waals surface area contributed by atoms with Crippen molar-refractivity contribution in [2.24, 2.45) is 0 Å². The van der Waals surface area contributed by atoms with E-state index in [4.69, 9.17) is 4.74 Å². The predicted molar refractivity (Wildman–Crippen MR) is 83.7 cm³/mol. The standard InChI is InChI=1S/C18H25NO2/c1-21-16-9-3-2-8-15(16)14-17(20)18(10-4-5-11-18)19-12-6-7-13-19/h2-3,8-9H,4-7,10-14H2,1H3. The Morgan fingerprint density at radius 3 is 2.48 bits per heavy atom. The minimum atomic E-state index is -0.183. The van der Waals surface area contributed by atoms with Crippen LogP contribution in [-0.2, 0) is 11.2 Å². The molecule has 1 saturated heterocycles. The number of likely N-dealkylation sites (tertiary alicyclic amines) is 1. The molecule has 1 aliphatic heterocycles. The van der Waals surface area contributed by atoms with Crippen LogP contribution in [0, 0.1) is 0 Å². The van der Waals surface area contributed by atoms with E-state index in [1.807, 2.05) is 24.3 Å². The average molecular weight is 287 g/mol. The third kappa shape index (κ3) is 2.71. The van der Waals surface area contributed by atoms with Crippen molar-refractivity contribution >= 4 is 5.78 Å². The van der Waals surface area contributed by atoms with Crippen LogP contribution in [0.4, 0.5) is 0 Å². The van der Waals surface area contributed by atoms with Gasteiger partial charge in [-0.2, -0.15) is 0 Å². The van der Waals surface area contributed by atoms with E-state index in [2.05, 4.69) is 4.90 Å². The van der Waals surface area contributed by atoms with Gasteiger partial charge in [-0.25, -0.2) is 0 Å². The smallest absolute Gasteiger partial charge is 0.157 e. The number of Topliss-reactive ketones (excluding diaryl/α,β-unsaturated/α-hetero) is 1. The van der Waals surface area contributed by atoms with E-state index in [0.717, 1.165) is 37.2 Å². The second kappa shape index (κ2) is 6.18. The fraction of sp³-hybridized carbons (Fsp3) is 0.611. The number of nitrogens with zero attached hydrogens (tertiary/aromatic N) is 1. The number of para-hydroxylation sites is 1. The van der Waals surface area contributed by atoms with Gasteiger partial charge in [0.15, 0.2) is 5.78 Å². The highest BCUT2D eigenvalue weighted by Crippen LogP contribution is 2.39. The Bertz CT molecular complexity index is 500. The van der Waals surface area contributed by atoms with Gasteiger partial charge >= 0.3 is 0 Å². The number of ether oxygens (including phenoxy) is 1. The summed E-state index contributed by atoms with van der Waals surface area (Å²) in [5, 5.41) is 0. The number of hydrogen-bond acceptors (Lipinski definition) is 3. The summed E-state index contributed by atoms with van der Waals surface area (Å²) >= 11 is 0. The van der Waals surface area contributed by atoms with E-state index < -0.39 is 0 Å². The maximum absolute atomic E-state index is 13.1. The van der Waals surface area contributed by atoms with Gasteiger partial charge in [-0.3, -0.25) is 9.69 Å². The van der Waals surface area contributed by atoms with Crippen LogP contribution < -0.4 is 4.74 Å². The summed E-state index contributed by atoms with van der Waals surface area (Å²) in [6.45, 7) is 2.19. The molecule has 0 aromatic heterocycles. The molecule has 1 aromatic rings. The van der Waals surface area contributed by atoms with E-state index in [0.29, 0.717) is 12.2 Å². The third-order valence-electron chi connectivity index (χ3n) is 5.20. The summed E-state index contributed by atoms with van der Waals surface area (Å²) in [7, 11) is 1.68. The lowest BCUT2D eigenvalue weighted by Gasteiger charge is -2.37. The lowest BCUT2D eigenvalue weighted by atomic mass is 9.86. The normalized spacial score (nSPS) is 21.6. The Balaban J connectivity index is 1.81. The molecule has 0 bridgehead atoms. The first kappa shape index (κ1) is 14.6. The Morgan fingerprint density at radius 1 is 1.14 bits per heavy atom. The van der Waals surface area contributed by atoms with E-state index in [1.165, 1.54) is 25.7 Å². The summed E-state index contributed by atoms with van der Waals surface area (Å²) in [6, 6.07) is 7.91. The van der Waals surface area contributed by atoms with Gasteiger partial charge in [-0.05, 0) is 44.8 Å². The number of carbonyl (C=O) groups is 1. The van der Waals surface area contributed by atoms with Crippen molar-refractivity contribution in [3.63, 3.8) is 0 Å². The number of ketones is 1. The molecule has 3 rings (SSSR count). The molecule has 2 fully saturated rings. The van der Waals surface area contributed by atoms with Crippen LogP contribution >= 0.6 is 0 Å². The van der Waals surface area contributed by atoms with Gasteiger partial charge in [-0.1, -0.05) is 31.0 Å². The molecule has 2 aliphatic rings. The minimum Gasteiger partial charge on any atom is -0.496 e. The fourth-order valence-corrected chi connectivity index (χ4v) is 4.06. The van der Waals surface area contributed by atoms with Crippen molar-refractivity contribution in [3.8, 4) is 5.75 Å². The first-order chi connectivity index (χ1) is 10.3. The summed E-state index contributed by atoms with van der Waals surface area (Å²) in [6.07, 6.45) is 7.44. The van der Waals surface area contributed by atoms with E-state index >= 15 is 0 Å². The summed E-state index contributed by atoms with van der Waals surface area (Å²) < 4.78 is 5.40. The number of benzene rings is 1. The number of rotatable bonds is 5. The highest BCUT2D eigenvalue weighted by atomic mass is 16.5. The number of methoxy groups -OCH3 is 1. The molecule has 0 amide bonds. The fourth-order valence-electron chi connectivity index (χ4n) is 4.06. The van der Waals surface area contributed by atoms with Crippen molar-refractivity contribution in [2.45, 2.75) is 50.5 Å². The highest BCUT2D eigenvalue weighted by molar-refractivity contribution is 5.91. The van der Waals surface area contributed by atoms with E-state index in [9.17, 15) is 4.79 Å². The Labute approximate surface area is 127 Å². The molecule has 0 atom stereocenters. The van der Waals surface area contributed by atoms with Crippen LogP contribution in [0.5, 0.6) is 5.75 Å². The van der Waals surface area contributed by atoms with Crippen LogP contribution in [-0.4, -0.2) is 36.4 Å². The van der Waals surface area contributed by atoms with Gasteiger partial charge in [0.25, 0.3) is 0 Å². The van der Waals surface area contributed by atoms with Gasteiger partial charge in [0.1, 0.15) is 5.75 Å². The lowest BCUT2D eigenvalue weighted by Crippen LogP contribution is -2.52. The topological polar surface area (TPSA) is 29.5 Å². The number of hydrogen-bond donors (Lipinski definition) is 0. The summed E-state index contributed by atoms with van der Waals surface area (Å²) in [5.74, 6) is 1.23. The molecule has 114 valence electrons. The zero-order valence-corrected chi connectivity index (χ0v) is 12.9. The van der Waals surface area contributed by atoms with Gasteiger partial charge in [0, 0.05) is 12.0 Å². The van der Waals surface area contributed by atoms with Crippen molar-refractivity contribution in [1.29, 1.82) is 0 Å². The monoisotopic (exact) mass is 287 g/mol. The van der Waals surface area contributed by atoms with Gasteiger partial charge in [0.05, 0.1) is 12.6 Å². The second-order valence-electron chi connectivity index (χ2n) is 6.34. The molecule has 1 saturated carbocycles. The Morgan fingerprint density at radius 2 is 1.81 bits per heavy atom. The molecule has 0 unspecified atom stereocenters. The summed E-state index contributed by atoms with van der Waals surface area (Å²) in [4.78, 5) is 15.6. The van der Waals surface area contributed by atoms with Crippen LogP contribution in [0.3, 0.4) is 0 Å². The molecule has 0 N–H and O–H groups in total. The third-order valence-corrected chi connectivity index (χ3v) is 5.20. The zero-order chi connectivity index (χ0) is 14.7. The summed E-state index contributed by atoms with van der Waals surface area (Å²) in [5.41, 5.74) is 0.840. The van der Waals surface area contributed by atoms with Gasteiger partial charge < -0.3 is 4.74 Å². The van der Waals surface area contributed by atoms with Crippen molar-refractivity contribution < 1.29 is 9.53 Å². The maximum Gasteiger partial charge on any atom is 0.157 e. The molecular weight excluding hydrogens is 262 g/mol. The molecule has 3 heteroatoms. The molecule has 1 aromatic carbocycles. The van der Waals surface area contributed by atoms with Crippen molar-refractivity contribution in [3.05, 3.63) is 29.8 Å². The molecule has 21 heavy (non-hydrogen) atoms. The molecule has 1 aliphatic carbocycles. The Hall–Kier alpha value is -1.35. The molecule has 3 nitrogen and oxygen atoms in total. The predicted octanol–water partition coefficient (Wildman–Crippen LogP) is 3.22. The van der Waals surface area contributed by atoms with Gasteiger partial charge in [0.2, 0.25) is 0 Å². The SMILES string of the molecule is COc1ccccc1CC(=O)C1(N2CCCC2)CCCC1. The average Bonchev–Trinajstić information content (AvgIpc) is 3.19. The van der Waals surface area contributed by atoms with Crippen molar-refractivity contribution in [2.75, 3.05) is 20.2 Å². The van der Waals surface area contributed by atoms with Crippen LogP contribution in [0.15, 0.2) is 24.3 Å². The van der Waals surface area contributed by atoms with Crippen LogP contribution in [0.25, 0.3) is 0 Å². The molecule has 0 radical (unpaired) electrons. The number of carbonyl (C=O) groups excluding carboxylic acids is 1. The molecule has 1 heterocycles. The van der Waals surface area contributed by atoms with Crippen molar-refractivity contribution in [1.82, 2.24) is 4.90 Å². The maximum atomic E-state index is 13.1. The van der Waals surface area contributed by atoms with E-state index in [-0.39, 0.29) is 5.54 Å². The van der Waals surface area contributed by atoms with Gasteiger partial charge in [-0.15, -0.1) is 0 Å². The largest absolute Gasteiger partial charge is 0.496 e. The first-order valence-electron chi connectivity index (χ1n) is 8.16. The second-order valence-corrected chi connectivity index (χ2v) is 6.34. The van der Waals surface area contributed by atoms with E-state index in [1.54, 1.807) is 7.11 Å². The minimum absolute atomic E-state index is 0.183.